The van der Waals surface area contributed by atoms with E-state index in [1.807, 2.05) is 0 Å². The topological polar surface area (TPSA) is 66.4 Å². The van der Waals surface area contributed by atoms with E-state index < -0.39 is 11.9 Å². The minimum Gasteiger partial charge on any atom is -0.477 e. The van der Waals surface area contributed by atoms with Crippen LogP contribution in [-0.2, 0) is 4.79 Å². The second-order valence-electron chi connectivity index (χ2n) is 4.23. The van der Waals surface area contributed by atoms with E-state index in [4.69, 9.17) is 11.6 Å². The first-order chi connectivity index (χ1) is 10.1. The monoisotopic (exact) mass is 301 g/mol. The van der Waals surface area contributed by atoms with E-state index >= 15 is 0 Å². The van der Waals surface area contributed by atoms with Crippen molar-refractivity contribution >= 4 is 29.6 Å². The van der Waals surface area contributed by atoms with E-state index in [-0.39, 0.29) is 5.70 Å². The predicted molar refractivity (Wildman–Crippen MR) is 81.0 cm³/mol. The van der Waals surface area contributed by atoms with Crippen molar-refractivity contribution in [2.24, 2.45) is 0 Å². The van der Waals surface area contributed by atoms with Crippen LogP contribution in [0.2, 0.25) is 5.02 Å². The summed E-state index contributed by atoms with van der Waals surface area (Å²) in [7, 11) is 0. The number of carboxylic acid groups (broad SMARTS) is 1. The van der Waals surface area contributed by atoms with Gasteiger partial charge in [-0.3, -0.25) is 4.79 Å². The fourth-order valence-electron chi connectivity index (χ4n) is 1.66. The Hall–Kier alpha value is -2.59. The van der Waals surface area contributed by atoms with Gasteiger partial charge in [0.2, 0.25) is 0 Å². The van der Waals surface area contributed by atoms with Gasteiger partial charge in [0.05, 0.1) is 0 Å². The van der Waals surface area contributed by atoms with Crippen molar-refractivity contribution in [3.05, 3.63) is 76.4 Å². The first-order valence-corrected chi connectivity index (χ1v) is 6.51. The Labute approximate surface area is 126 Å². The van der Waals surface area contributed by atoms with Crippen molar-refractivity contribution in [1.29, 1.82) is 0 Å². The molecule has 0 spiro atoms. The fourth-order valence-corrected chi connectivity index (χ4v) is 1.79. The van der Waals surface area contributed by atoms with Gasteiger partial charge in [-0.15, -0.1) is 0 Å². The number of rotatable bonds is 4. The minimum absolute atomic E-state index is 0.203. The summed E-state index contributed by atoms with van der Waals surface area (Å²) >= 11 is 5.77. The number of amides is 1. The van der Waals surface area contributed by atoms with Crippen LogP contribution in [-0.4, -0.2) is 17.0 Å². The first-order valence-electron chi connectivity index (χ1n) is 6.13. The van der Waals surface area contributed by atoms with Crippen molar-refractivity contribution in [2.75, 3.05) is 0 Å². The molecule has 2 aromatic carbocycles. The third-order valence-electron chi connectivity index (χ3n) is 2.70. The van der Waals surface area contributed by atoms with Crippen molar-refractivity contribution in [3.8, 4) is 0 Å². The molecular formula is C16H12ClNO3. The molecular weight excluding hydrogens is 290 g/mol. The molecule has 2 aromatic rings. The highest BCUT2D eigenvalue weighted by Gasteiger charge is 2.12. The maximum Gasteiger partial charge on any atom is 0.352 e. The Morgan fingerprint density at radius 1 is 1.00 bits per heavy atom. The van der Waals surface area contributed by atoms with Crippen LogP contribution in [0.3, 0.4) is 0 Å². The lowest BCUT2D eigenvalue weighted by molar-refractivity contribution is -0.132. The summed E-state index contributed by atoms with van der Waals surface area (Å²) in [4.78, 5) is 23.2. The maximum atomic E-state index is 12.0. The second kappa shape index (κ2) is 6.72. The number of nitrogens with one attached hydrogen (secondary N) is 1. The Kier molecular flexibility index (Phi) is 4.74. The number of carbonyl (C=O) groups excluding carboxylic acids is 1. The third kappa shape index (κ3) is 4.19. The first kappa shape index (κ1) is 14.8. The van der Waals surface area contributed by atoms with Gasteiger partial charge < -0.3 is 10.4 Å². The lowest BCUT2D eigenvalue weighted by Crippen LogP contribution is -2.27. The summed E-state index contributed by atoms with van der Waals surface area (Å²) in [5.74, 6) is -1.69. The number of carboxylic acids is 1. The zero-order valence-electron chi connectivity index (χ0n) is 10.9. The molecule has 2 N–H and O–H groups in total. The van der Waals surface area contributed by atoms with Crippen LogP contribution in [0.5, 0.6) is 0 Å². The van der Waals surface area contributed by atoms with Gasteiger partial charge in [0.25, 0.3) is 5.91 Å². The number of hydrogen-bond acceptors (Lipinski definition) is 2. The maximum absolute atomic E-state index is 12.0. The van der Waals surface area contributed by atoms with E-state index in [9.17, 15) is 14.7 Å². The summed E-state index contributed by atoms with van der Waals surface area (Å²) in [5, 5.41) is 12.1. The Bertz CT molecular complexity index is 678. The van der Waals surface area contributed by atoms with Gasteiger partial charge in [0, 0.05) is 10.6 Å². The molecule has 0 radical (unpaired) electrons. The Morgan fingerprint density at radius 3 is 2.19 bits per heavy atom. The van der Waals surface area contributed by atoms with Gasteiger partial charge in [-0.1, -0.05) is 41.9 Å². The van der Waals surface area contributed by atoms with Gasteiger partial charge in [0.1, 0.15) is 5.70 Å². The predicted octanol–water partition coefficient (Wildman–Crippen LogP) is 3.20. The largest absolute Gasteiger partial charge is 0.477 e. The molecule has 0 saturated carbocycles. The fraction of sp³-hybridized carbons (Fsp3) is 0. The van der Waals surface area contributed by atoms with E-state index in [0.717, 1.165) is 0 Å². The van der Waals surface area contributed by atoms with E-state index in [1.165, 1.54) is 6.08 Å². The molecule has 0 fully saturated rings. The number of hydrogen-bond donors (Lipinski definition) is 2. The lowest BCUT2D eigenvalue weighted by atomic mass is 10.1. The van der Waals surface area contributed by atoms with Crippen LogP contribution in [0.1, 0.15) is 15.9 Å². The van der Waals surface area contributed by atoms with Crippen LogP contribution in [0, 0.1) is 0 Å². The third-order valence-corrected chi connectivity index (χ3v) is 2.95. The SMILES string of the molecule is O=C(O)C(=Cc1ccc(Cl)cc1)NC(=O)c1ccccc1. The molecule has 0 bridgehead atoms. The molecule has 2 rings (SSSR count). The quantitative estimate of drug-likeness (QED) is 0.852. The molecule has 5 heteroatoms. The molecule has 0 atom stereocenters. The van der Waals surface area contributed by atoms with Gasteiger partial charge in [-0.25, -0.2) is 4.79 Å². The van der Waals surface area contributed by atoms with Crippen LogP contribution in [0.15, 0.2) is 60.3 Å². The van der Waals surface area contributed by atoms with Gasteiger partial charge in [-0.05, 0) is 35.9 Å². The highest BCUT2D eigenvalue weighted by Crippen LogP contribution is 2.12. The highest BCUT2D eigenvalue weighted by molar-refractivity contribution is 6.30. The van der Waals surface area contributed by atoms with Crippen molar-refractivity contribution in [3.63, 3.8) is 0 Å². The van der Waals surface area contributed by atoms with E-state index in [2.05, 4.69) is 5.32 Å². The summed E-state index contributed by atoms with van der Waals surface area (Å²) < 4.78 is 0. The van der Waals surface area contributed by atoms with E-state index in [0.29, 0.717) is 16.1 Å². The summed E-state index contributed by atoms with van der Waals surface area (Å²) in [6.45, 7) is 0. The van der Waals surface area contributed by atoms with Crippen molar-refractivity contribution < 1.29 is 14.7 Å². The van der Waals surface area contributed by atoms with Crippen LogP contribution < -0.4 is 5.32 Å². The zero-order chi connectivity index (χ0) is 15.2. The smallest absolute Gasteiger partial charge is 0.352 e. The lowest BCUT2D eigenvalue weighted by Gasteiger charge is -2.06. The molecule has 0 aliphatic carbocycles. The van der Waals surface area contributed by atoms with E-state index in [1.54, 1.807) is 54.6 Å². The minimum atomic E-state index is -1.21. The average Bonchev–Trinajstić information content (AvgIpc) is 2.49. The molecule has 1 amide bonds. The molecule has 106 valence electrons. The number of aliphatic carboxylic acids is 1. The van der Waals surface area contributed by atoms with Crippen molar-refractivity contribution in [1.82, 2.24) is 5.32 Å². The summed E-state index contributed by atoms with van der Waals surface area (Å²) in [6.07, 6.45) is 1.37. The number of halogens is 1. The molecule has 0 aromatic heterocycles. The van der Waals surface area contributed by atoms with Crippen molar-refractivity contribution in [2.45, 2.75) is 0 Å². The second-order valence-corrected chi connectivity index (χ2v) is 4.67. The summed E-state index contributed by atoms with van der Waals surface area (Å²) in [5.41, 5.74) is 0.817. The molecule has 4 nitrogen and oxygen atoms in total. The Balaban J connectivity index is 2.22. The van der Waals surface area contributed by atoms with Gasteiger partial charge >= 0.3 is 5.97 Å². The van der Waals surface area contributed by atoms with Gasteiger partial charge in [0.15, 0.2) is 0 Å². The standard InChI is InChI=1S/C16H12ClNO3/c17-13-8-6-11(7-9-13)10-14(16(20)21)18-15(19)12-4-2-1-3-5-12/h1-10H,(H,18,19)(H,20,21). The highest BCUT2D eigenvalue weighted by atomic mass is 35.5. The van der Waals surface area contributed by atoms with Crippen LogP contribution in [0.4, 0.5) is 0 Å². The number of carbonyl (C=O) groups is 2. The van der Waals surface area contributed by atoms with Crippen LogP contribution >= 0.6 is 11.6 Å². The number of benzene rings is 2. The molecule has 0 heterocycles. The van der Waals surface area contributed by atoms with Crippen LogP contribution in [0.25, 0.3) is 6.08 Å². The molecule has 0 aliphatic rings. The average molecular weight is 302 g/mol. The molecule has 0 aliphatic heterocycles. The molecule has 0 unspecified atom stereocenters. The summed E-state index contributed by atoms with van der Waals surface area (Å²) in [6, 6.07) is 15.0. The molecule has 0 saturated heterocycles. The van der Waals surface area contributed by atoms with Gasteiger partial charge in [-0.2, -0.15) is 0 Å². The molecule has 21 heavy (non-hydrogen) atoms. The normalized spacial score (nSPS) is 11.0. The zero-order valence-corrected chi connectivity index (χ0v) is 11.7. The Morgan fingerprint density at radius 2 is 1.62 bits per heavy atom.